The summed E-state index contributed by atoms with van der Waals surface area (Å²) < 4.78 is 0. The molecule has 0 aliphatic rings. The molecular formula is C21H19ClN4O2. The zero-order valence-electron chi connectivity index (χ0n) is 15.4. The van der Waals surface area contributed by atoms with Crippen LogP contribution < -0.4 is 15.5 Å². The topological polar surface area (TPSA) is 74.3 Å². The van der Waals surface area contributed by atoms with E-state index in [1.54, 1.807) is 42.5 Å². The molecule has 0 fully saturated rings. The first-order valence-electron chi connectivity index (χ1n) is 8.55. The Labute approximate surface area is 168 Å². The van der Waals surface area contributed by atoms with Gasteiger partial charge in [-0.05, 0) is 60.7 Å². The van der Waals surface area contributed by atoms with Gasteiger partial charge in [0, 0.05) is 36.2 Å². The van der Waals surface area contributed by atoms with Gasteiger partial charge in [0.25, 0.3) is 11.8 Å². The summed E-state index contributed by atoms with van der Waals surface area (Å²) in [4.78, 5) is 31.0. The SMILES string of the molecule is CN(C)c1ccc(NC(=O)c2cccc(C(=O)Nc3ccc(Cl)cc3)n2)cc1. The minimum absolute atomic E-state index is 0.144. The molecule has 0 bridgehead atoms. The molecule has 0 atom stereocenters. The maximum Gasteiger partial charge on any atom is 0.274 e. The highest BCUT2D eigenvalue weighted by Crippen LogP contribution is 2.17. The Morgan fingerprint density at radius 1 is 0.786 bits per heavy atom. The molecule has 6 nitrogen and oxygen atoms in total. The van der Waals surface area contributed by atoms with Gasteiger partial charge in [-0.3, -0.25) is 9.59 Å². The van der Waals surface area contributed by atoms with Gasteiger partial charge in [-0.1, -0.05) is 17.7 Å². The molecule has 1 aromatic heterocycles. The average molecular weight is 395 g/mol. The lowest BCUT2D eigenvalue weighted by Crippen LogP contribution is -2.18. The summed E-state index contributed by atoms with van der Waals surface area (Å²) in [6, 6.07) is 18.9. The first kappa shape index (κ1) is 19.4. The van der Waals surface area contributed by atoms with Gasteiger partial charge < -0.3 is 15.5 Å². The molecule has 2 amide bonds. The number of aromatic nitrogens is 1. The number of halogens is 1. The molecule has 3 aromatic rings. The van der Waals surface area contributed by atoms with E-state index >= 15 is 0 Å². The van der Waals surface area contributed by atoms with Gasteiger partial charge in [-0.15, -0.1) is 0 Å². The van der Waals surface area contributed by atoms with Gasteiger partial charge in [-0.2, -0.15) is 0 Å². The van der Waals surface area contributed by atoms with Crippen LogP contribution in [0.5, 0.6) is 0 Å². The summed E-state index contributed by atoms with van der Waals surface area (Å²) in [7, 11) is 3.89. The Morgan fingerprint density at radius 3 is 1.71 bits per heavy atom. The van der Waals surface area contributed by atoms with Crippen LogP contribution in [0.2, 0.25) is 5.02 Å². The quantitative estimate of drug-likeness (QED) is 0.676. The van der Waals surface area contributed by atoms with Gasteiger partial charge in [0.15, 0.2) is 0 Å². The molecule has 1 heterocycles. The number of nitrogens with zero attached hydrogens (tertiary/aromatic N) is 2. The van der Waals surface area contributed by atoms with Crippen LogP contribution in [0.25, 0.3) is 0 Å². The third kappa shape index (κ3) is 4.86. The van der Waals surface area contributed by atoms with Crippen LogP contribution in [0, 0.1) is 0 Å². The van der Waals surface area contributed by atoms with Gasteiger partial charge in [0.05, 0.1) is 0 Å². The second-order valence-electron chi connectivity index (χ2n) is 6.26. The number of carbonyl (C=O) groups is 2. The Bertz CT molecular complexity index is 986. The predicted octanol–water partition coefficient (Wildman–Crippen LogP) is 4.31. The predicted molar refractivity (Wildman–Crippen MR) is 112 cm³/mol. The summed E-state index contributed by atoms with van der Waals surface area (Å²) in [5, 5.41) is 6.08. The highest BCUT2D eigenvalue weighted by Gasteiger charge is 2.13. The molecule has 0 saturated heterocycles. The van der Waals surface area contributed by atoms with E-state index in [0.717, 1.165) is 5.69 Å². The van der Waals surface area contributed by atoms with Gasteiger partial charge >= 0.3 is 0 Å². The van der Waals surface area contributed by atoms with Crippen LogP contribution in [0.4, 0.5) is 17.1 Å². The Morgan fingerprint density at radius 2 is 1.25 bits per heavy atom. The number of hydrogen-bond acceptors (Lipinski definition) is 4. The van der Waals surface area contributed by atoms with E-state index in [1.165, 1.54) is 0 Å². The first-order chi connectivity index (χ1) is 13.4. The third-order valence-corrected chi connectivity index (χ3v) is 4.21. The highest BCUT2D eigenvalue weighted by atomic mass is 35.5. The summed E-state index contributed by atoms with van der Waals surface area (Å²) >= 11 is 5.84. The van der Waals surface area contributed by atoms with Crippen molar-refractivity contribution in [2.24, 2.45) is 0 Å². The molecule has 0 aliphatic heterocycles. The lowest BCUT2D eigenvalue weighted by Gasteiger charge is -2.13. The Balaban J connectivity index is 1.70. The molecule has 0 saturated carbocycles. The van der Waals surface area contributed by atoms with Crippen molar-refractivity contribution >= 4 is 40.5 Å². The van der Waals surface area contributed by atoms with Crippen LogP contribution in [-0.2, 0) is 0 Å². The number of nitrogens with one attached hydrogen (secondary N) is 2. The lowest BCUT2D eigenvalue weighted by atomic mass is 10.2. The van der Waals surface area contributed by atoms with Crippen LogP contribution in [-0.4, -0.2) is 30.9 Å². The van der Waals surface area contributed by atoms with Gasteiger partial charge in [0.2, 0.25) is 0 Å². The number of rotatable bonds is 5. The van der Waals surface area contributed by atoms with Gasteiger partial charge in [0.1, 0.15) is 11.4 Å². The number of carbonyl (C=O) groups excluding carboxylic acids is 2. The van der Waals surface area contributed by atoms with Crippen molar-refractivity contribution in [1.29, 1.82) is 0 Å². The summed E-state index contributed by atoms with van der Waals surface area (Å²) in [6.07, 6.45) is 0. The normalized spacial score (nSPS) is 10.2. The molecule has 0 radical (unpaired) electrons. The van der Waals surface area contributed by atoms with E-state index in [1.807, 2.05) is 43.3 Å². The minimum Gasteiger partial charge on any atom is -0.378 e. The summed E-state index contributed by atoms with van der Waals surface area (Å²) in [6.45, 7) is 0. The number of amides is 2. The van der Waals surface area contributed by atoms with Crippen LogP contribution in [0.15, 0.2) is 66.7 Å². The van der Waals surface area contributed by atoms with E-state index in [2.05, 4.69) is 15.6 Å². The number of hydrogen-bond donors (Lipinski definition) is 2. The lowest BCUT2D eigenvalue weighted by molar-refractivity contribution is 0.101. The van der Waals surface area contributed by atoms with Gasteiger partial charge in [-0.25, -0.2) is 4.98 Å². The van der Waals surface area contributed by atoms with Crippen molar-refractivity contribution in [2.45, 2.75) is 0 Å². The fourth-order valence-electron chi connectivity index (χ4n) is 2.45. The molecule has 2 N–H and O–H groups in total. The Hall–Kier alpha value is -3.38. The van der Waals surface area contributed by atoms with Crippen molar-refractivity contribution in [3.63, 3.8) is 0 Å². The molecule has 0 spiro atoms. The zero-order chi connectivity index (χ0) is 20.1. The minimum atomic E-state index is -0.410. The molecule has 2 aromatic carbocycles. The Kier molecular flexibility index (Phi) is 5.91. The standard InChI is InChI=1S/C21H19ClN4O2/c1-26(2)17-12-10-16(11-13-17)24-21(28)19-5-3-4-18(25-19)20(27)23-15-8-6-14(22)7-9-15/h3-13H,1-2H3,(H,23,27)(H,24,28). The maximum absolute atomic E-state index is 12.5. The van der Waals surface area contributed by atoms with Crippen molar-refractivity contribution in [2.75, 3.05) is 29.6 Å². The number of pyridine rings is 1. The van der Waals surface area contributed by atoms with E-state index in [4.69, 9.17) is 11.6 Å². The second kappa shape index (κ2) is 8.54. The van der Waals surface area contributed by atoms with Crippen molar-refractivity contribution in [1.82, 2.24) is 4.98 Å². The largest absolute Gasteiger partial charge is 0.378 e. The fourth-order valence-corrected chi connectivity index (χ4v) is 2.58. The summed E-state index contributed by atoms with van der Waals surface area (Å²) in [5.41, 5.74) is 2.56. The number of anilines is 3. The van der Waals surface area contributed by atoms with Crippen molar-refractivity contribution < 1.29 is 9.59 Å². The number of benzene rings is 2. The maximum atomic E-state index is 12.5. The molecular weight excluding hydrogens is 376 g/mol. The van der Waals surface area contributed by atoms with Crippen LogP contribution in [0.1, 0.15) is 21.0 Å². The highest BCUT2D eigenvalue weighted by molar-refractivity contribution is 6.30. The smallest absolute Gasteiger partial charge is 0.274 e. The van der Waals surface area contributed by atoms with E-state index in [0.29, 0.717) is 16.4 Å². The van der Waals surface area contributed by atoms with Crippen molar-refractivity contribution in [3.05, 3.63) is 83.1 Å². The van der Waals surface area contributed by atoms with Crippen LogP contribution in [0.3, 0.4) is 0 Å². The average Bonchev–Trinajstić information content (AvgIpc) is 2.70. The molecule has 28 heavy (non-hydrogen) atoms. The molecule has 0 unspecified atom stereocenters. The fraction of sp³-hybridized carbons (Fsp3) is 0.0952. The zero-order valence-corrected chi connectivity index (χ0v) is 16.2. The monoisotopic (exact) mass is 394 g/mol. The summed E-state index contributed by atoms with van der Waals surface area (Å²) in [5.74, 6) is -0.800. The first-order valence-corrected chi connectivity index (χ1v) is 8.93. The molecule has 7 heteroatoms. The molecule has 0 aliphatic carbocycles. The second-order valence-corrected chi connectivity index (χ2v) is 6.70. The van der Waals surface area contributed by atoms with Crippen LogP contribution >= 0.6 is 11.6 Å². The molecule has 3 rings (SSSR count). The third-order valence-electron chi connectivity index (χ3n) is 3.96. The molecule has 142 valence electrons. The van der Waals surface area contributed by atoms with E-state index in [9.17, 15) is 9.59 Å². The van der Waals surface area contributed by atoms with Crippen molar-refractivity contribution in [3.8, 4) is 0 Å². The van der Waals surface area contributed by atoms with E-state index in [-0.39, 0.29) is 11.4 Å². The van der Waals surface area contributed by atoms with E-state index < -0.39 is 11.8 Å².